The van der Waals surface area contributed by atoms with Gasteiger partial charge in [-0.05, 0) is 132 Å². The van der Waals surface area contributed by atoms with Gasteiger partial charge in [-0.3, -0.25) is 0 Å². The van der Waals surface area contributed by atoms with Crippen LogP contribution in [0.1, 0.15) is 5.56 Å². The van der Waals surface area contributed by atoms with Crippen molar-refractivity contribution in [1.29, 1.82) is 0 Å². The first kappa shape index (κ1) is 38.7. The van der Waals surface area contributed by atoms with Crippen LogP contribution >= 0.6 is 0 Å². The van der Waals surface area contributed by atoms with Crippen LogP contribution in [0.3, 0.4) is 0 Å². The number of ether oxygens (including phenoxy) is 1. The van der Waals surface area contributed by atoms with E-state index in [-0.39, 0.29) is 0 Å². The zero-order valence-electron chi connectivity index (χ0n) is 37.5. The van der Waals surface area contributed by atoms with Gasteiger partial charge >= 0.3 is 0 Å². The summed E-state index contributed by atoms with van der Waals surface area (Å²) in [6.45, 7) is 0.455. The van der Waals surface area contributed by atoms with Gasteiger partial charge in [0.2, 0.25) is 0 Å². The van der Waals surface area contributed by atoms with E-state index in [0.29, 0.717) is 24.1 Å². The highest BCUT2D eigenvalue weighted by molar-refractivity contribution is 6.25. The molecule has 0 aliphatic carbocycles. The third-order valence-electron chi connectivity index (χ3n) is 14.2. The van der Waals surface area contributed by atoms with Crippen molar-refractivity contribution in [2.45, 2.75) is 6.61 Å². The lowest BCUT2D eigenvalue weighted by atomic mass is 9.91. The highest BCUT2D eigenvalue weighted by Gasteiger charge is 2.22. The van der Waals surface area contributed by atoms with Gasteiger partial charge in [0.05, 0.1) is 0 Å². The Balaban J connectivity index is 0.848. The quantitative estimate of drug-likeness (QED) is 0.160. The lowest BCUT2D eigenvalue weighted by Crippen LogP contribution is -2.06. The van der Waals surface area contributed by atoms with Crippen molar-refractivity contribution in [3.63, 3.8) is 0 Å². The van der Waals surface area contributed by atoms with Crippen LogP contribution in [0.5, 0.6) is 5.75 Å². The lowest BCUT2D eigenvalue weighted by Gasteiger charge is -2.22. The summed E-state index contributed by atoms with van der Waals surface area (Å²) in [6.07, 6.45) is 0. The Hall–Kier alpha value is -9.39. The molecule has 0 fully saturated rings. The minimum absolute atomic E-state index is 0.455. The van der Waals surface area contributed by atoms with E-state index < -0.39 is 0 Å². The van der Waals surface area contributed by atoms with E-state index in [4.69, 9.17) is 28.5 Å². The predicted octanol–water partition coefficient (Wildman–Crippen LogP) is 17.0. The molecule has 70 heavy (non-hydrogen) atoms. The lowest BCUT2D eigenvalue weighted by molar-refractivity contribution is 0.302. The molecule has 6 heteroatoms. The van der Waals surface area contributed by atoms with Gasteiger partial charge in [-0.1, -0.05) is 146 Å². The van der Waals surface area contributed by atoms with Crippen molar-refractivity contribution in [1.82, 2.24) is 15.0 Å². The molecule has 11 aromatic carbocycles. The first-order valence-electron chi connectivity index (χ1n) is 23.6. The van der Waals surface area contributed by atoms with Gasteiger partial charge in [0, 0.05) is 43.8 Å². The standard InChI is InChI=1S/C64H37N3O3/c1-2-14-47-45(12-1)46-13-3-4-15-48(46)55-32-39(22-26-49(47)55)37-10-9-11-41(30-37)62-65-63(67-64(66-62)43-23-27-52-50-16-5-7-18-57(50)70-61(52)35-43)42-24-28-53-54-31-38(20-21-44(54)36-68-60(53)34-42)40-25-29-59-56(33-40)51-17-6-8-19-58(51)69-59/h1-35H,36H2. The first-order valence-corrected chi connectivity index (χ1v) is 23.6. The SMILES string of the molecule is c1cc(-c2ccc3c4ccccc4c4ccccc4c3c2)cc(-c2nc(-c3ccc4c(c3)OCc3ccc(-c5ccc6oc7ccccc7c6c5)cc3-4)nc(-c3ccc4c(c3)oc3ccccc34)n2)c1. The number of benzene rings is 11. The number of nitrogens with zero attached hydrogens (tertiary/aromatic N) is 3. The molecule has 0 unspecified atom stereocenters. The largest absolute Gasteiger partial charge is 0.488 e. The molecule has 1 aliphatic rings. The maximum absolute atomic E-state index is 6.51. The fraction of sp³-hybridized carbons (Fsp3) is 0.0156. The molecule has 0 spiro atoms. The molecular formula is C64H37N3O3. The van der Waals surface area contributed by atoms with E-state index >= 15 is 0 Å². The summed E-state index contributed by atoms with van der Waals surface area (Å²) in [5.74, 6) is 2.45. The zero-order valence-corrected chi connectivity index (χ0v) is 37.5. The molecular weight excluding hydrogens is 859 g/mol. The number of aromatic nitrogens is 3. The van der Waals surface area contributed by atoms with Crippen molar-refractivity contribution in [2.75, 3.05) is 0 Å². The summed E-state index contributed by atoms with van der Waals surface area (Å²) in [5, 5.41) is 11.8. The predicted molar refractivity (Wildman–Crippen MR) is 284 cm³/mol. The van der Waals surface area contributed by atoms with Crippen molar-refractivity contribution in [3.8, 4) is 73.3 Å². The first-order chi connectivity index (χ1) is 34.6. The summed E-state index contributed by atoms with van der Waals surface area (Å²) < 4.78 is 19.0. The van der Waals surface area contributed by atoms with E-state index in [0.717, 1.165) is 105 Å². The summed E-state index contributed by atoms with van der Waals surface area (Å²) >= 11 is 0. The molecule has 15 rings (SSSR count). The molecule has 326 valence electrons. The average molecular weight is 896 g/mol. The third-order valence-corrected chi connectivity index (χ3v) is 14.2. The van der Waals surface area contributed by atoms with Gasteiger partial charge < -0.3 is 13.6 Å². The molecule has 0 bridgehead atoms. The maximum atomic E-state index is 6.51. The van der Waals surface area contributed by atoms with E-state index in [1.54, 1.807) is 0 Å². The molecule has 0 amide bonds. The van der Waals surface area contributed by atoms with Crippen LogP contribution in [0.2, 0.25) is 0 Å². The number of furan rings is 2. The molecule has 0 saturated carbocycles. The van der Waals surface area contributed by atoms with E-state index in [2.05, 4.69) is 176 Å². The van der Waals surface area contributed by atoms with Gasteiger partial charge in [-0.15, -0.1) is 0 Å². The number of hydrogen-bond donors (Lipinski definition) is 0. The molecule has 3 aromatic heterocycles. The Kier molecular flexibility index (Phi) is 8.32. The second-order valence-electron chi connectivity index (χ2n) is 18.2. The smallest absolute Gasteiger partial charge is 0.164 e. The van der Waals surface area contributed by atoms with Crippen LogP contribution < -0.4 is 4.74 Å². The van der Waals surface area contributed by atoms with Crippen LogP contribution in [0.4, 0.5) is 0 Å². The van der Waals surface area contributed by atoms with Crippen molar-refractivity contribution < 1.29 is 13.6 Å². The van der Waals surface area contributed by atoms with Crippen molar-refractivity contribution in [2.24, 2.45) is 0 Å². The van der Waals surface area contributed by atoms with Gasteiger partial charge in [-0.2, -0.15) is 0 Å². The molecule has 1 aliphatic heterocycles. The maximum Gasteiger partial charge on any atom is 0.164 e. The summed E-state index contributed by atoms with van der Waals surface area (Å²) in [5.41, 5.74) is 13.7. The molecule has 4 heterocycles. The van der Waals surface area contributed by atoms with Crippen molar-refractivity contribution in [3.05, 3.63) is 218 Å². The average Bonchev–Trinajstić information content (AvgIpc) is 4.00. The molecule has 6 nitrogen and oxygen atoms in total. The second-order valence-corrected chi connectivity index (χ2v) is 18.2. The Bertz CT molecular complexity index is 4470. The van der Waals surface area contributed by atoms with Gasteiger partial charge in [0.1, 0.15) is 34.7 Å². The molecule has 0 N–H and O–H groups in total. The van der Waals surface area contributed by atoms with Gasteiger partial charge in [0.25, 0.3) is 0 Å². The number of fused-ring (bicyclic) bond motifs is 15. The topological polar surface area (TPSA) is 74.2 Å². The van der Waals surface area contributed by atoms with Gasteiger partial charge in [-0.25, -0.2) is 15.0 Å². The Morgan fingerprint density at radius 2 is 0.729 bits per heavy atom. The monoisotopic (exact) mass is 895 g/mol. The third kappa shape index (κ3) is 6.10. The fourth-order valence-electron chi connectivity index (χ4n) is 10.8. The van der Waals surface area contributed by atoms with Crippen LogP contribution in [-0.4, -0.2) is 15.0 Å². The van der Waals surface area contributed by atoms with E-state index in [1.165, 1.54) is 32.3 Å². The Morgan fingerprint density at radius 1 is 0.271 bits per heavy atom. The zero-order chi connectivity index (χ0) is 45.9. The molecule has 0 radical (unpaired) electrons. The second kappa shape index (κ2) is 15.1. The summed E-state index contributed by atoms with van der Waals surface area (Å²) in [6, 6.07) is 74.6. The minimum atomic E-state index is 0.455. The van der Waals surface area contributed by atoms with Crippen molar-refractivity contribution >= 4 is 76.2 Å². The molecule has 0 saturated heterocycles. The number of para-hydroxylation sites is 2. The molecule has 0 atom stereocenters. The Labute approximate surface area is 400 Å². The van der Waals surface area contributed by atoms with Crippen LogP contribution in [0.25, 0.3) is 144 Å². The van der Waals surface area contributed by atoms with E-state index in [1.807, 2.05) is 36.4 Å². The highest BCUT2D eigenvalue weighted by atomic mass is 16.5. The summed E-state index contributed by atoms with van der Waals surface area (Å²) in [4.78, 5) is 15.6. The fourth-order valence-corrected chi connectivity index (χ4v) is 10.8. The highest BCUT2D eigenvalue weighted by Crippen LogP contribution is 2.43. The van der Waals surface area contributed by atoms with Gasteiger partial charge in [0.15, 0.2) is 17.5 Å². The van der Waals surface area contributed by atoms with E-state index in [9.17, 15) is 0 Å². The summed E-state index contributed by atoms with van der Waals surface area (Å²) in [7, 11) is 0. The van der Waals surface area contributed by atoms with Crippen LogP contribution in [0.15, 0.2) is 221 Å². The molecule has 14 aromatic rings. The number of rotatable bonds is 5. The Morgan fingerprint density at radius 3 is 1.46 bits per heavy atom. The normalized spacial score (nSPS) is 12.3. The van der Waals surface area contributed by atoms with Crippen LogP contribution in [0, 0.1) is 0 Å². The minimum Gasteiger partial charge on any atom is -0.488 e. The number of hydrogen-bond acceptors (Lipinski definition) is 6. The van der Waals surface area contributed by atoms with Crippen LogP contribution in [-0.2, 0) is 6.61 Å².